The van der Waals surface area contributed by atoms with Gasteiger partial charge in [0.2, 0.25) is 5.88 Å². The lowest BCUT2D eigenvalue weighted by Gasteiger charge is -2.17. The van der Waals surface area contributed by atoms with Crippen LogP contribution in [-0.2, 0) is 15.6 Å². The predicted molar refractivity (Wildman–Crippen MR) is 130 cm³/mol. The van der Waals surface area contributed by atoms with E-state index in [4.69, 9.17) is 9.47 Å². The number of nitrogens with zero attached hydrogens (tertiary/aromatic N) is 2. The topological polar surface area (TPSA) is 90.4 Å². The number of pyridine rings is 2. The minimum Gasteiger partial charge on any atom is -0.490 e. The number of benzene rings is 1. The molecule has 4 rings (SSSR count). The van der Waals surface area contributed by atoms with E-state index >= 15 is 0 Å². The molecule has 1 unspecified atom stereocenters. The first-order chi connectivity index (χ1) is 16.7. The zero-order valence-electron chi connectivity index (χ0n) is 19.6. The van der Waals surface area contributed by atoms with Gasteiger partial charge >= 0.3 is 0 Å². The molecular formula is C25H27F2N3O4S. The van der Waals surface area contributed by atoms with Crippen LogP contribution in [0.2, 0.25) is 0 Å². The van der Waals surface area contributed by atoms with E-state index in [-0.39, 0.29) is 34.9 Å². The van der Waals surface area contributed by atoms with Crippen LogP contribution in [-0.4, -0.2) is 37.4 Å². The van der Waals surface area contributed by atoms with Crippen molar-refractivity contribution >= 4 is 21.5 Å². The van der Waals surface area contributed by atoms with Gasteiger partial charge in [0, 0.05) is 17.9 Å². The predicted octanol–water partition coefficient (Wildman–Crippen LogP) is 5.43. The standard InChI is InChI=1S/C25H27F2N3O4S/c1-16-6-4-3-5-9-33-22-12-18(7-8-20(22)26)19-13-23(28-14-21(19)27)29-24-10-17(15-35(2,31)32)11-25(30-24)34-16/h7-8,10-14,16H,3-6,9,15H2,1-2H3,(H,28,29,30). The number of sulfone groups is 1. The number of hydrogen-bond acceptors (Lipinski definition) is 7. The van der Waals surface area contributed by atoms with Crippen LogP contribution in [0.5, 0.6) is 11.6 Å². The largest absolute Gasteiger partial charge is 0.490 e. The van der Waals surface area contributed by atoms with Gasteiger partial charge in [-0.15, -0.1) is 0 Å². The van der Waals surface area contributed by atoms with Crippen molar-refractivity contribution < 1.29 is 26.7 Å². The summed E-state index contributed by atoms with van der Waals surface area (Å²) in [6.45, 7) is 2.25. The van der Waals surface area contributed by atoms with Crippen molar-refractivity contribution in [2.45, 2.75) is 44.5 Å². The number of hydrogen-bond donors (Lipinski definition) is 1. The maximum Gasteiger partial charge on any atom is 0.215 e. The van der Waals surface area contributed by atoms with Crippen LogP contribution >= 0.6 is 0 Å². The Morgan fingerprint density at radius 3 is 2.69 bits per heavy atom. The molecule has 0 amide bonds. The van der Waals surface area contributed by atoms with Crippen molar-refractivity contribution in [3.05, 3.63) is 59.8 Å². The quantitative estimate of drug-likeness (QED) is 0.499. The summed E-state index contributed by atoms with van der Waals surface area (Å²) in [5, 5.41) is 3.01. The second kappa shape index (κ2) is 10.6. The summed E-state index contributed by atoms with van der Waals surface area (Å²) in [6, 6.07) is 8.87. The molecule has 35 heavy (non-hydrogen) atoms. The highest BCUT2D eigenvalue weighted by molar-refractivity contribution is 7.89. The van der Waals surface area contributed by atoms with E-state index in [1.165, 1.54) is 24.3 Å². The first kappa shape index (κ1) is 24.8. The van der Waals surface area contributed by atoms with Crippen LogP contribution in [0.3, 0.4) is 0 Å². The first-order valence-corrected chi connectivity index (χ1v) is 13.4. The lowest BCUT2D eigenvalue weighted by molar-refractivity contribution is 0.196. The van der Waals surface area contributed by atoms with Crippen molar-refractivity contribution in [3.63, 3.8) is 0 Å². The number of ether oxygens (including phenoxy) is 2. The molecule has 1 aliphatic heterocycles. The van der Waals surface area contributed by atoms with E-state index in [2.05, 4.69) is 15.3 Å². The number of rotatable bonds is 2. The first-order valence-electron chi connectivity index (χ1n) is 11.4. The van der Waals surface area contributed by atoms with E-state index in [9.17, 15) is 17.2 Å². The molecule has 0 aliphatic carbocycles. The molecule has 3 aromatic rings. The smallest absolute Gasteiger partial charge is 0.215 e. The fourth-order valence-electron chi connectivity index (χ4n) is 3.87. The van der Waals surface area contributed by atoms with Gasteiger partial charge in [-0.25, -0.2) is 22.2 Å². The average Bonchev–Trinajstić information content (AvgIpc) is 2.77. The van der Waals surface area contributed by atoms with Crippen LogP contribution in [0.15, 0.2) is 42.6 Å². The Labute approximate surface area is 203 Å². The molecule has 0 spiro atoms. The molecule has 3 heterocycles. The van der Waals surface area contributed by atoms with Crippen molar-refractivity contribution in [2.75, 3.05) is 18.2 Å². The van der Waals surface area contributed by atoms with Crippen LogP contribution in [0, 0.1) is 11.6 Å². The highest BCUT2D eigenvalue weighted by atomic mass is 32.2. The number of fused-ring (bicyclic) bond motifs is 7. The Kier molecular flexibility index (Phi) is 7.49. The molecular weight excluding hydrogens is 476 g/mol. The Morgan fingerprint density at radius 2 is 1.89 bits per heavy atom. The van der Waals surface area contributed by atoms with Gasteiger partial charge in [-0.3, -0.25) is 0 Å². The van der Waals surface area contributed by atoms with Crippen molar-refractivity contribution in [2.24, 2.45) is 0 Å². The Balaban J connectivity index is 1.75. The third kappa shape index (κ3) is 6.88. The second-order valence-electron chi connectivity index (χ2n) is 8.71. The van der Waals surface area contributed by atoms with E-state index in [0.29, 0.717) is 23.6 Å². The van der Waals surface area contributed by atoms with Crippen molar-refractivity contribution in [1.29, 1.82) is 0 Å². The SMILES string of the molecule is CC1CCCCCOc2cc(ccc2F)-c2cc(ncc2F)Nc2cc(CS(C)(=O)=O)cc(n2)O1. The minimum absolute atomic E-state index is 0.0609. The van der Waals surface area contributed by atoms with Crippen LogP contribution < -0.4 is 14.8 Å². The molecule has 1 N–H and O–H groups in total. The second-order valence-corrected chi connectivity index (χ2v) is 10.9. The molecule has 0 radical (unpaired) electrons. The summed E-state index contributed by atoms with van der Waals surface area (Å²) in [6.07, 6.45) is 5.25. The van der Waals surface area contributed by atoms with Gasteiger partial charge in [0.05, 0.1) is 24.7 Å². The minimum atomic E-state index is -3.30. The number of nitrogens with one attached hydrogen (secondary N) is 1. The molecule has 186 valence electrons. The zero-order chi connectivity index (χ0) is 25.0. The maximum atomic E-state index is 14.7. The molecule has 2 aromatic heterocycles. The van der Waals surface area contributed by atoms with E-state index in [0.717, 1.165) is 38.1 Å². The normalized spacial score (nSPS) is 16.7. The number of aromatic nitrogens is 2. The zero-order valence-corrected chi connectivity index (χ0v) is 20.4. The van der Waals surface area contributed by atoms with Crippen LogP contribution in [0.1, 0.15) is 38.2 Å². The molecule has 1 aliphatic rings. The summed E-state index contributed by atoms with van der Waals surface area (Å²) >= 11 is 0. The number of halogens is 2. The van der Waals surface area contributed by atoms with E-state index < -0.39 is 21.5 Å². The van der Waals surface area contributed by atoms with Crippen molar-refractivity contribution in [1.82, 2.24) is 9.97 Å². The monoisotopic (exact) mass is 503 g/mol. The third-order valence-corrected chi connectivity index (χ3v) is 6.34. The van der Waals surface area contributed by atoms with E-state index in [1.807, 2.05) is 6.92 Å². The van der Waals surface area contributed by atoms with Gasteiger partial charge in [-0.1, -0.05) is 6.07 Å². The molecule has 1 aromatic carbocycles. The lowest BCUT2D eigenvalue weighted by Crippen LogP contribution is -2.14. The lowest BCUT2D eigenvalue weighted by atomic mass is 10.1. The van der Waals surface area contributed by atoms with Gasteiger partial charge in [0.25, 0.3) is 0 Å². The maximum absolute atomic E-state index is 14.7. The summed E-state index contributed by atoms with van der Waals surface area (Å²) in [5.74, 6) is -0.353. The van der Waals surface area contributed by atoms with Crippen LogP contribution in [0.4, 0.5) is 20.4 Å². The number of anilines is 2. The summed E-state index contributed by atoms with van der Waals surface area (Å²) in [7, 11) is -3.30. The Hall–Kier alpha value is -3.27. The molecule has 6 bridgehead atoms. The van der Waals surface area contributed by atoms with Crippen molar-refractivity contribution in [3.8, 4) is 22.8 Å². The van der Waals surface area contributed by atoms with Gasteiger partial charge < -0.3 is 14.8 Å². The van der Waals surface area contributed by atoms with E-state index in [1.54, 1.807) is 12.1 Å². The Bertz CT molecular complexity index is 1320. The third-order valence-electron chi connectivity index (χ3n) is 5.48. The van der Waals surface area contributed by atoms with Gasteiger partial charge in [-0.2, -0.15) is 4.98 Å². The molecule has 0 saturated heterocycles. The Morgan fingerprint density at radius 1 is 1.06 bits per heavy atom. The fourth-order valence-corrected chi connectivity index (χ4v) is 4.64. The van der Waals surface area contributed by atoms with Gasteiger partial charge in [-0.05, 0) is 68.0 Å². The molecule has 7 nitrogen and oxygen atoms in total. The summed E-state index contributed by atoms with van der Waals surface area (Å²) < 4.78 is 64.4. The highest BCUT2D eigenvalue weighted by Gasteiger charge is 2.15. The average molecular weight is 504 g/mol. The van der Waals surface area contributed by atoms with Gasteiger partial charge in [0.1, 0.15) is 17.5 Å². The molecule has 0 fully saturated rings. The fraction of sp³-hybridized carbons (Fsp3) is 0.360. The summed E-state index contributed by atoms with van der Waals surface area (Å²) in [4.78, 5) is 8.54. The summed E-state index contributed by atoms with van der Waals surface area (Å²) in [5.41, 5.74) is 1.14. The van der Waals surface area contributed by atoms with Crippen LogP contribution in [0.25, 0.3) is 11.1 Å². The molecule has 1 atom stereocenters. The highest BCUT2D eigenvalue weighted by Crippen LogP contribution is 2.31. The molecule has 0 saturated carbocycles. The van der Waals surface area contributed by atoms with Gasteiger partial charge in [0.15, 0.2) is 21.4 Å². The molecule has 10 heteroatoms.